The second-order valence-electron chi connectivity index (χ2n) is 5.71. The van der Waals surface area contributed by atoms with Crippen molar-refractivity contribution in [2.45, 2.75) is 25.4 Å². The van der Waals surface area contributed by atoms with E-state index in [0.717, 1.165) is 6.42 Å². The summed E-state index contributed by atoms with van der Waals surface area (Å²) in [5.41, 5.74) is 0.975. The summed E-state index contributed by atoms with van der Waals surface area (Å²) in [5, 5.41) is 0. The number of hydrogen-bond donors (Lipinski definition) is 0. The molecule has 1 aromatic carbocycles. The maximum Gasteiger partial charge on any atom is 0.327 e. The van der Waals surface area contributed by atoms with Crippen molar-refractivity contribution in [1.82, 2.24) is 14.8 Å². The molecule has 7 heteroatoms. The van der Waals surface area contributed by atoms with E-state index in [1.54, 1.807) is 17.0 Å². The Morgan fingerprint density at radius 2 is 2.22 bits per heavy atom. The van der Waals surface area contributed by atoms with Gasteiger partial charge in [0.15, 0.2) is 0 Å². The monoisotopic (exact) mass is 315 g/mol. The Morgan fingerprint density at radius 3 is 3.00 bits per heavy atom. The fourth-order valence-corrected chi connectivity index (χ4v) is 3.12. The van der Waals surface area contributed by atoms with E-state index in [0.29, 0.717) is 24.2 Å². The van der Waals surface area contributed by atoms with Crippen LogP contribution >= 0.6 is 0 Å². The second kappa shape index (κ2) is 5.19. The van der Waals surface area contributed by atoms with Gasteiger partial charge in [0.1, 0.15) is 18.1 Å². The van der Waals surface area contributed by atoms with Crippen molar-refractivity contribution >= 4 is 11.9 Å². The number of halogens is 1. The molecule has 0 aliphatic carbocycles. The molecular weight excluding hydrogens is 301 g/mol. The molecule has 0 saturated carbocycles. The van der Waals surface area contributed by atoms with Gasteiger partial charge in [-0.25, -0.2) is 14.2 Å². The van der Waals surface area contributed by atoms with Gasteiger partial charge in [0.05, 0.1) is 12.2 Å². The van der Waals surface area contributed by atoms with Gasteiger partial charge < -0.3 is 9.32 Å². The largest absolute Gasteiger partial charge is 0.444 e. The minimum absolute atomic E-state index is 0.0729. The van der Waals surface area contributed by atoms with Crippen molar-refractivity contribution in [3.05, 3.63) is 42.0 Å². The molecule has 3 heterocycles. The molecule has 0 bridgehead atoms. The van der Waals surface area contributed by atoms with Gasteiger partial charge in [0.2, 0.25) is 5.89 Å². The zero-order chi connectivity index (χ0) is 16.0. The quantitative estimate of drug-likeness (QED) is 0.816. The molecule has 2 aromatic rings. The summed E-state index contributed by atoms with van der Waals surface area (Å²) >= 11 is 0. The van der Waals surface area contributed by atoms with Gasteiger partial charge in [-0.3, -0.25) is 9.69 Å². The number of nitrogens with zero attached hydrogens (tertiary/aromatic N) is 3. The van der Waals surface area contributed by atoms with Crippen LogP contribution in [0.25, 0.3) is 11.5 Å². The number of hydrogen-bond acceptors (Lipinski definition) is 4. The molecule has 23 heavy (non-hydrogen) atoms. The average Bonchev–Trinajstić information content (AvgIpc) is 3.24. The zero-order valence-electron chi connectivity index (χ0n) is 12.2. The van der Waals surface area contributed by atoms with Crippen LogP contribution in [0.3, 0.4) is 0 Å². The Labute approximate surface area is 131 Å². The van der Waals surface area contributed by atoms with Crippen LogP contribution in [-0.4, -0.2) is 39.3 Å². The minimum atomic E-state index is -0.382. The van der Waals surface area contributed by atoms with Crippen LogP contribution in [0.4, 0.5) is 9.18 Å². The molecule has 1 atom stereocenters. The van der Waals surface area contributed by atoms with E-state index in [1.807, 2.05) is 0 Å². The summed E-state index contributed by atoms with van der Waals surface area (Å²) < 4.78 is 18.6. The number of urea groups is 1. The van der Waals surface area contributed by atoms with E-state index in [4.69, 9.17) is 4.42 Å². The van der Waals surface area contributed by atoms with E-state index in [2.05, 4.69) is 4.98 Å². The number of carbonyl (C=O) groups is 2. The van der Waals surface area contributed by atoms with Crippen molar-refractivity contribution in [3.63, 3.8) is 0 Å². The topological polar surface area (TPSA) is 66.7 Å². The maximum atomic E-state index is 13.2. The van der Waals surface area contributed by atoms with Crippen molar-refractivity contribution in [3.8, 4) is 11.5 Å². The Morgan fingerprint density at radius 1 is 1.35 bits per heavy atom. The van der Waals surface area contributed by atoms with Crippen LogP contribution in [0.1, 0.15) is 18.5 Å². The molecular formula is C16H14FN3O3. The molecule has 2 saturated heterocycles. The number of amides is 3. The highest BCUT2D eigenvalue weighted by atomic mass is 19.1. The fraction of sp³-hybridized carbons (Fsp3) is 0.312. The van der Waals surface area contributed by atoms with Crippen LogP contribution in [0, 0.1) is 5.82 Å². The number of carbonyl (C=O) groups excluding carboxylic acids is 2. The summed E-state index contributed by atoms with van der Waals surface area (Å²) in [4.78, 5) is 31.6. The highest BCUT2D eigenvalue weighted by Gasteiger charge is 2.47. The molecule has 3 amide bonds. The Balaban J connectivity index is 1.54. The van der Waals surface area contributed by atoms with Crippen LogP contribution in [0.5, 0.6) is 0 Å². The number of fused-ring (bicyclic) bond motifs is 1. The van der Waals surface area contributed by atoms with E-state index >= 15 is 0 Å². The van der Waals surface area contributed by atoms with Gasteiger partial charge >= 0.3 is 6.03 Å². The summed E-state index contributed by atoms with van der Waals surface area (Å²) in [6.45, 7) is 0.697. The predicted octanol–water partition coefficient (Wildman–Crippen LogP) is 2.41. The minimum Gasteiger partial charge on any atom is -0.444 e. The van der Waals surface area contributed by atoms with Gasteiger partial charge in [-0.2, -0.15) is 0 Å². The third-order valence-corrected chi connectivity index (χ3v) is 4.22. The second-order valence-corrected chi connectivity index (χ2v) is 5.71. The Kier molecular flexibility index (Phi) is 3.14. The standard InChI is InChI=1S/C16H14FN3O3/c17-11-4-1-3-10(7-11)14-18-12(9-23-14)8-20-15(21)13-5-2-6-19(13)16(20)22/h1,3-4,7,9,13H,2,5-6,8H2/t13-/m1/s1. The molecule has 0 unspecified atom stereocenters. The lowest BCUT2D eigenvalue weighted by atomic mass is 10.2. The van der Waals surface area contributed by atoms with Crippen molar-refractivity contribution in [2.75, 3.05) is 6.54 Å². The molecule has 1 aromatic heterocycles. The smallest absolute Gasteiger partial charge is 0.327 e. The first-order chi connectivity index (χ1) is 11.1. The molecule has 2 fully saturated rings. The summed E-state index contributed by atoms with van der Waals surface area (Å²) in [5.74, 6) is -0.297. The third kappa shape index (κ3) is 2.28. The maximum absolute atomic E-state index is 13.2. The van der Waals surface area contributed by atoms with E-state index < -0.39 is 0 Å². The Bertz CT molecular complexity index is 766. The number of oxazole rings is 1. The van der Waals surface area contributed by atoms with Crippen molar-refractivity contribution in [2.24, 2.45) is 0 Å². The lowest BCUT2D eigenvalue weighted by Gasteiger charge is -2.13. The molecule has 4 rings (SSSR count). The number of benzene rings is 1. The SMILES string of the molecule is O=C1[C@H]2CCCN2C(=O)N1Cc1coc(-c2cccc(F)c2)n1. The summed E-state index contributed by atoms with van der Waals surface area (Å²) in [6.07, 6.45) is 2.97. The van der Waals surface area contributed by atoms with Crippen molar-refractivity contribution in [1.29, 1.82) is 0 Å². The van der Waals surface area contributed by atoms with E-state index in [-0.39, 0.29) is 36.2 Å². The lowest BCUT2D eigenvalue weighted by molar-refractivity contribution is -0.128. The Hall–Kier alpha value is -2.70. The van der Waals surface area contributed by atoms with E-state index in [9.17, 15) is 14.0 Å². The summed E-state index contributed by atoms with van der Waals surface area (Å²) in [6, 6.07) is 5.31. The van der Waals surface area contributed by atoms with Gasteiger partial charge in [-0.1, -0.05) is 6.07 Å². The fourth-order valence-electron chi connectivity index (χ4n) is 3.12. The highest BCUT2D eigenvalue weighted by Crippen LogP contribution is 2.29. The molecule has 2 aliphatic heterocycles. The first-order valence-corrected chi connectivity index (χ1v) is 7.46. The normalized spacial score (nSPS) is 20.5. The molecule has 118 valence electrons. The summed E-state index contributed by atoms with van der Waals surface area (Å²) in [7, 11) is 0. The number of aromatic nitrogens is 1. The number of imide groups is 1. The predicted molar refractivity (Wildman–Crippen MR) is 77.6 cm³/mol. The molecule has 0 radical (unpaired) electrons. The highest BCUT2D eigenvalue weighted by molar-refractivity contribution is 6.04. The van der Waals surface area contributed by atoms with Gasteiger partial charge in [0, 0.05) is 12.1 Å². The average molecular weight is 315 g/mol. The number of rotatable bonds is 3. The molecule has 0 spiro atoms. The third-order valence-electron chi connectivity index (χ3n) is 4.22. The van der Waals surface area contributed by atoms with Crippen molar-refractivity contribution < 1.29 is 18.4 Å². The first-order valence-electron chi connectivity index (χ1n) is 7.46. The lowest BCUT2D eigenvalue weighted by Crippen LogP contribution is -2.32. The van der Waals surface area contributed by atoms with Crippen LogP contribution in [-0.2, 0) is 11.3 Å². The van der Waals surface area contributed by atoms with Gasteiger partial charge in [0.25, 0.3) is 5.91 Å². The van der Waals surface area contributed by atoms with Crippen LogP contribution < -0.4 is 0 Å². The zero-order valence-corrected chi connectivity index (χ0v) is 12.2. The van der Waals surface area contributed by atoms with Gasteiger partial charge in [-0.05, 0) is 31.0 Å². The molecule has 2 aliphatic rings. The van der Waals surface area contributed by atoms with Crippen LogP contribution in [0.15, 0.2) is 34.9 Å². The van der Waals surface area contributed by atoms with E-state index in [1.165, 1.54) is 23.3 Å². The first kappa shape index (κ1) is 13.9. The molecule has 6 nitrogen and oxygen atoms in total. The van der Waals surface area contributed by atoms with Gasteiger partial charge in [-0.15, -0.1) is 0 Å². The van der Waals surface area contributed by atoms with Crippen LogP contribution in [0.2, 0.25) is 0 Å². The molecule has 0 N–H and O–H groups in total.